The number of carbonyl (C=O) groups excluding carboxylic acids is 3. The molecule has 2 aromatic rings. The van der Waals surface area contributed by atoms with Crippen LogP contribution in [0.1, 0.15) is 15.9 Å². The number of halogens is 2. The van der Waals surface area contributed by atoms with Crippen LogP contribution < -0.4 is 21.7 Å². The van der Waals surface area contributed by atoms with Crippen molar-refractivity contribution in [3.63, 3.8) is 0 Å². The number of benzene rings is 2. The monoisotopic (exact) mass is 447 g/mol. The van der Waals surface area contributed by atoms with Crippen LogP contribution in [0.5, 0.6) is 0 Å². The number of primary amides is 1. The van der Waals surface area contributed by atoms with E-state index in [1.54, 1.807) is 0 Å². The molecule has 0 bridgehead atoms. The second-order valence-corrected chi connectivity index (χ2v) is 7.07. The van der Waals surface area contributed by atoms with E-state index in [0.717, 1.165) is 12.1 Å². The van der Waals surface area contributed by atoms with E-state index in [-0.39, 0.29) is 23.7 Å². The fourth-order valence-corrected chi connectivity index (χ4v) is 3.48. The predicted octanol–water partition coefficient (Wildman–Crippen LogP) is 0.521. The number of anilines is 1. The van der Waals surface area contributed by atoms with E-state index < -0.39 is 35.1 Å². The predicted molar refractivity (Wildman–Crippen MR) is 112 cm³/mol. The van der Waals surface area contributed by atoms with Crippen molar-refractivity contribution in [3.8, 4) is 0 Å². The van der Waals surface area contributed by atoms with E-state index in [1.165, 1.54) is 36.7 Å². The Labute approximate surface area is 181 Å². The van der Waals surface area contributed by atoms with Crippen molar-refractivity contribution in [2.24, 2.45) is 10.7 Å². The highest BCUT2D eigenvalue weighted by atomic mass is 35.5. The molecule has 0 spiro atoms. The Morgan fingerprint density at radius 3 is 2.55 bits per heavy atom. The first kappa shape index (κ1) is 22.2. The molecule has 0 radical (unpaired) electrons. The number of hydrogen-bond acceptors (Lipinski definition) is 6. The van der Waals surface area contributed by atoms with Crippen LogP contribution in [-0.4, -0.2) is 48.4 Å². The van der Waals surface area contributed by atoms with Gasteiger partial charge in [-0.3, -0.25) is 19.4 Å². The lowest BCUT2D eigenvalue weighted by molar-refractivity contribution is -0.131. The van der Waals surface area contributed by atoms with Crippen molar-refractivity contribution < 1.29 is 23.9 Å². The van der Waals surface area contributed by atoms with Gasteiger partial charge < -0.3 is 26.8 Å². The maximum Gasteiger partial charge on any atom is 0.257 e. The highest BCUT2D eigenvalue weighted by Gasteiger charge is 2.52. The summed E-state index contributed by atoms with van der Waals surface area (Å²) >= 11 is 5.91. The van der Waals surface area contributed by atoms with Gasteiger partial charge in [0.15, 0.2) is 11.6 Å². The quantitative estimate of drug-likeness (QED) is 0.420. The summed E-state index contributed by atoms with van der Waals surface area (Å²) in [7, 11) is 0. The topological polar surface area (TPSA) is 146 Å². The molecular weight excluding hydrogens is 429 g/mol. The lowest BCUT2D eigenvalue weighted by Crippen LogP contribution is -2.60. The fourth-order valence-electron chi connectivity index (χ4n) is 3.22. The molecule has 3 amide bonds. The molecule has 1 heterocycles. The first-order chi connectivity index (χ1) is 14.8. The third kappa shape index (κ3) is 4.35. The minimum absolute atomic E-state index is 0.00336. The van der Waals surface area contributed by atoms with Crippen molar-refractivity contribution >= 4 is 41.3 Å². The van der Waals surface area contributed by atoms with E-state index in [1.807, 2.05) is 0 Å². The van der Waals surface area contributed by atoms with Gasteiger partial charge in [-0.1, -0.05) is 23.7 Å². The summed E-state index contributed by atoms with van der Waals surface area (Å²) < 4.78 is 13.2. The van der Waals surface area contributed by atoms with Gasteiger partial charge in [0.25, 0.3) is 11.8 Å². The second kappa shape index (κ2) is 9.11. The average molecular weight is 448 g/mol. The van der Waals surface area contributed by atoms with Crippen molar-refractivity contribution in [2.75, 3.05) is 18.5 Å². The second-order valence-electron chi connectivity index (χ2n) is 6.67. The van der Waals surface area contributed by atoms with Crippen molar-refractivity contribution in [3.05, 3.63) is 64.4 Å². The highest BCUT2D eigenvalue weighted by Crippen LogP contribution is 2.31. The number of hydrogen-bond donors (Lipinski definition) is 5. The van der Waals surface area contributed by atoms with Crippen LogP contribution in [0.4, 0.5) is 10.1 Å². The van der Waals surface area contributed by atoms with Gasteiger partial charge in [-0.05, 0) is 35.9 Å². The smallest absolute Gasteiger partial charge is 0.257 e. The first-order valence-electron chi connectivity index (χ1n) is 9.14. The molecule has 0 saturated carbocycles. The van der Waals surface area contributed by atoms with Crippen molar-refractivity contribution in [1.29, 1.82) is 0 Å². The van der Waals surface area contributed by atoms with Gasteiger partial charge >= 0.3 is 0 Å². The zero-order chi connectivity index (χ0) is 22.6. The zero-order valence-electron chi connectivity index (χ0n) is 16.1. The Morgan fingerprint density at radius 2 is 1.94 bits per heavy atom. The van der Waals surface area contributed by atoms with Crippen LogP contribution in [0.25, 0.3) is 0 Å². The summed E-state index contributed by atoms with van der Waals surface area (Å²) in [5, 5.41) is 16.7. The van der Waals surface area contributed by atoms with Gasteiger partial charge in [0.05, 0.1) is 23.5 Å². The minimum Gasteiger partial charge on any atom is -0.395 e. The Balaban J connectivity index is 1.83. The number of aliphatic imine (C=N–C) groups is 1. The number of aliphatic hydroxyl groups is 1. The van der Waals surface area contributed by atoms with Gasteiger partial charge in [0.1, 0.15) is 5.82 Å². The molecule has 6 N–H and O–H groups in total. The molecule has 2 aromatic carbocycles. The largest absolute Gasteiger partial charge is 0.395 e. The molecule has 0 aromatic heterocycles. The van der Waals surface area contributed by atoms with Gasteiger partial charge in [-0.15, -0.1) is 0 Å². The van der Waals surface area contributed by atoms with Gasteiger partial charge in [0.2, 0.25) is 5.91 Å². The maximum absolute atomic E-state index is 13.2. The number of nitrogens with one attached hydrogen (secondary N) is 3. The SMILES string of the molecule is NC(=O)C1(c2ccc(NC(=O)c3ccc(F)cc3Cl)cc2)NC=NC1C(=O)NCCO. The number of rotatable bonds is 7. The van der Waals surface area contributed by atoms with Crippen LogP contribution in [0.15, 0.2) is 47.5 Å². The van der Waals surface area contributed by atoms with Gasteiger partial charge in [0, 0.05) is 12.2 Å². The van der Waals surface area contributed by atoms with Crippen LogP contribution in [0.2, 0.25) is 5.02 Å². The zero-order valence-corrected chi connectivity index (χ0v) is 16.8. The van der Waals surface area contributed by atoms with Crippen LogP contribution >= 0.6 is 11.6 Å². The Hall–Kier alpha value is -3.50. The summed E-state index contributed by atoms with van der Waals surface area (Å²) in [6.45, 7) is -0.276. The average Bonchev–Trinajstić information content (AvgIpc) is 3.19. The number of aliphatic hydroxyl groups excluding tert-OH is 1. The lowest BCUT2D eigenvalue weighted by atomic mass is 9.82. The normalized spacial score (nSPS) is 19.5. The maximum atomic E-state index is 13.2. The van der Waals surface area contributed by atoms with Crippen LogP contribution in [0.3, 0.4) is 0 Å². The summed E-state index contributed by atoms with van der Waals surface area (Å²) in [5.74, 6) is -2.53. The third-order valence-electron chi connectivity index (χ3n) is 4.75. The molecule has 9 nitrogen and oxygen atoms in total. The molecule has 1 aliphatic heterocycles. The van der Waals surface area contributed by atoms with E-state index in [0.29, 0.717) is 11.3 Å². The van der Waals surface area contributed by atoms with Crippen LogP contribution in [-0.2, 0) is 15.1 Å². The standard InChI is InChI=1S/C20H19ClFN5O4/c21-15-9-12(22)3-6-14(15)17(29)27-13-4-1-11(2-5-13)20(19(23)31)16(25-10-26-20)18(30)24-7-8-28/h1-6,9-10,16,28H,7-8H2,(H2,23,31)(H,24,30)(H,25,26)(H,27,29). The Bertz CT molecular complexity index is 1050. The molecule has 162 valence electrons. The van der Waals surface area contributed by atoms with Crippen LogP contribution in [0, 0.1) is 5.82 Å². The van der Waals surface area contributed by atoms with Crippen molar-refractivity contribution in [1.82, 2.24) is 10.6 Å². The summed E-state index contributed by atoms with van der Waals surface area (Å²) in [4.78, 5) is 41.2. The number of carbonyl (C=O) groups is 3. The molecular formula is C20H19ClFN5O4. The van der Waals surface area contributed by atoms with E-state index in [2.05, 4.69) is 20.9 Å². The van der Waals surface area contributed by atoms with Gasteiger partial charge in [-0.2, -0.15) is 0 Å². The Morgan fingerprint density at radius 1 is 1.23 bits per heavy atom. The summed E-state index contributed by atoms with van der Waals surface area (Å²) in [6, 6.07) is 8.28. The molecule has 2 atom stereocenters. The van der Waals surface area contributed by atoms with Gasteiger partial charge in [-0.25, -0.2) is 4.39 Å². The number of amides is 3. The summed E-state index contributed by atoms with van der Waals surface area (Å²) in [6.07, 6.45) is 1.22. The molecule has 1 aliphatic rings. The van der Waals surface area contributed by atoms with E-state index in [9.17, 15) is 18.8 Å². The van der Waals surface area contributed by atoms with Crippen molar-refractivity contribution in [2.45, 2.75) is 11.6 Å². The molecule has 0 fully saturated rings. The number of nitrogens with two attached hydrogens (primary N) is 1. The molecule has 11 heteroatoms. The first-order valence-corrected chi connectivity index (χ1v) is 9.52. The molecule has 3 rings (SSSR count). The fraction of sp³-hybridized carbons (Fsp3) is 0.200. The third-order valence-corrected chi connectivity index (χ3v) is 5.06. The molecule has 0 aliphatic carbocycles. The number of nitrogens with zero attached hydrogens (tertiary/aromatic N) is 1. The van der Waals surface area contributed by atoms with E-state index >= 15 is 0 Å². The lowest BCUT2D eigenvalue weighted by Gasteiger charge is -2.31. The molecule has 31 heavy (non-hydrogen) atoms. The molecule has 0 saturated heterocycles. The summed E-state index contributed by atoms with van der Waals surface area (Å²) in [5.41, 5.74) is 4.79. The minimum atomic E-state index is -1.64. The van der Waals surface area contributed by atoms with E-state index in [4.69, 9.17) is 22.4 Å². The molecule has 2 unspecified atom stereocenters. The Kier molecular flexibility index (Phi) is 6.52. The highest BCUT2D eigenvalue weighted by molar-refractivity contribution is 6.34.